The van der Waals surface area contributed by atoms with Crippen LogP contribution in [0.4, 0.5) is 5.69 Å². The molecule has 2 aromatic heterocycles. The van der Waals surface area contributed by atoms with Crippen LogP contribution in [0, 0.1) is 6.92 Å². The molecule has 1 unspecified atom stereocenters. The van der Waals surface area contributed by atoms with E-state index >= 15 is 0 Å². The first kappa shape index (κ1) is 23.0. The van der Waals surface area contributed by atoms with Gasteiger partial charge in [-0.3, -0.25) is 18.8 Å². The molecule has 0 bridgehead atoms. The molecular weight excluding hydrogens is 482 g/mol. The molecule has 35 heavy (non-hydrogen) atoms. The van der Waals surface area contributed by atoms with Gasteiger partial charge < -0.3 is 5.32 Å². The fourth-order valence-corrected chi connectivity index (χ4v) is 5.50. The van der Waals surface area contributed by atoms with Crippen molar-refractivity contribution in [1.82, 2.24) is 14.3 Å². The highest BCUT2D eigenvalue weighted by molar-refractivity contribution is 7.07. The lowest BCUT2D eigenvalue weighted by Crippen LogP contribution is -2.40. The summed E-state index contributed by atoms with van der Waals surface area (Å²) in [5.41, 5.74) is 3.66. The van der Waals surface area contributed by atoms with Crippen molar-refractivity contribution in [2.24, 2.45) is 12.0 Å². The number of carbonyl (C=O) groups excluding carboxylic acids is 1. The Hall–Kier alpha value is -3.75. The molecule has 0 radical (unpaired) electrons. The van der Waals surface area contributed by atoms with Gasteiger partial charge in [0.25, 0.3) is 11.5 Å². The summed E-state index contributed by atoms with van der Waals surface area (Å²) in [7, 11) is 1.84. The van der Waals surface area contributed by atoms with Gasteiger partial charge in [0.05, 0.1) is 27.5 Å². The third kappa shape index (κ3) is 4.26. The average Bonchev–Trinajstić information content (AvgIpc) is 3.31. The molecule has 0 saturated carbocycles. The molecule has 176 valence electrons. The number of aromatic nitrogens is 3. The Morgan fingerprint density at radius 2 is 1.83 bits per heavy atom. The zero-order valence-corrected chi connectivity index (χ0v) is 20.9. The second-order valence-electron chi connectivity index (χ2n) is 8.27. The van der Waals surface area contributed by atoms with Gasteiger partial charge in [-0.2, -0.15) is 5.10 Å². The number of rotatable bonds is 4. The smallest absolute Gasteiger partial charge is 0.271 e. The lowest BCUT2D eigenvalue weighted by molar-refractivity contribution is -0.113. The van der Waals surface area contributed by atoms with E-state index in [-0.39, 0.29) is 11.5 Å². The highest BCUT2D eigenvalue weighted by atomic mass is 35.5. The summed E-state index contributed by atoms with van der Waals surface area (Å²) < 4.78 is 3.78. The Labute approximate surface area is 210 Å². The second kappa shape index (κ2) is 9.13. The molecule has 9 heteroatoms. The largest absolute Gasteiger partial charge is 0.322 e. The van der Waals surface area contributed by atoms with Crippen LogP contribution in [0.25, 0.3) is 6.08 Å². The summed E-state index contributed by atoms with van der Waals surface area (Å²) in [5, 5.41) is 7.76. The first-order chi connectivity index (χ1) is 16.8. The summed E-state index contributed by atoms with van der Waals surface area (Å²) in [4.78, 5) is 32.4. The Morgan fingerprint density at radius 3 is 2.51 bits per heavy atom. The van der Waals surface area contributed by atoms with Crippen LogP contribution in [0.1, 0.15) is 29.8 Å². The van der Waals surface area contributed by atoms with E-state index in [1.165, 1.54) is 11.3 Å². The number of thiazole rings is 1. The molecular formula is C26H22ClN5O2S. The van der Waals surface area contributed by atoms with Crippen LogP contribution in [-0.4, -0.2) is 20.3 Å². The Kier molecular flexibility index (Phi) is 6.00. The van der Waals surface area contributed by atoms with Crippen LogP contribution in [0.5, 0.6) is 0 Å². The van der Waals surface area contributed by atoms with Gasteiger partial charge in [0.1, 0.15) is 0 Å². The average molecular weight is 504 g/mol. The van der Waals surface area contributed by atoms with Crippen LogP contribution >= 0.6 is 22.9 Å². The SMILES string of the molecule is CC1=C(C(=O)Nc2ccccc2)C(c2ccccc2Cl)n2c(s/c(=C/c3cn(C)nc3C)c2=O)=N1. The van der Waals surface area contributed by atoms with Crippen molar-refractivity contribution in [3.8, 4) is 0 Å². The zero-order valence-electron chi connectivity index (χ0n) is 19.3. The minimum Gasteiger partial charge on any atom is -0.322 e. The number of hydrogen-bond donors (Lipinski definition) is 1. The third-order valence-electron chi connectivity index (χ3n) is 5.84. The highest BCUT2D eigenvalue weighted by Crippen LogP contribution is 2.34. The summed E-state index contributed by atoms with van der Waals surface area (Å²) in [6.45, 7) is 3.68. The van der Waals surface area contributed by atoms with Gasteiger partial charge in [-0.25, -0.2) is 4.99 Å². The number of nitrogens with one attached hydrogen (secondary N) is 1. The van der Waals surface area contributed by atoms with Crippen LogP contribution < -0.4 is 20.2 Å². The number of aryl methyl sites for hydroxylation is 2. The van der Waals surface area contributed by atoms with Gasteiger partial charge in [0.15, 0.2) is 4.80 Å². The maximum atomic E-state index is 13.7. The minimum atomic E-state index is -0.721. The van der Waals surface area contributed by atoms with Crippen molar-refractivity contribution in [1.29, 1.82) is 0 Å². The van der Waals surface area contributed by atoms with E-state index in [1.807, 2.05) is 74.8 Å². The molecule has 5 rings (SSSR count). The molecule has 1 aliphatic heterocycles. The predicted octanol–water partition coefficient (Wildman–Crippen LogP) is 3.57. The molecule has 0 fully saturated rings. The molecule has 1 amide bonds. The molecule has 1 aliphatic rings. The maximum absolute atomic E-state index is 13.7. The maximum Gasteiger partial charge on any atom is 0.271 e. The Bertz CT molecular complexity index is 1660. The van der Waals surface area contributed by atoms with E-state index in [9.17, 15) is 9.59 Å². The number of para-hydroxylation sites is 1. The number of anilines is 1. The Morgan fingerprint density at radius 1 is 1.11 bits per heavy atom. The Balaban J connectivity index is 1.71. The molecule has 0 spiro atoms. The third-order valence-corrected chi connectivity index (χ3v) is 7.16. The van der Waals surface area contributed by atoms with E-state index in [0.717, 1.165) is 11.3 Å². The summed E-state index contributed by atoms with van der Waals surface area (Å²) in [5.74, 6) is -0.334. The monoisotopic (exact) mass is 503 g/mol. The molecule has 3 heterocycles. The van der Waals surface area contributed by atoms with Crippen molar-refractivity contribution >= 4 is 40.6 Å². The molecule has 2 aromatic carbocycles. The van der Waals surface area contributed by atoms with Crippen LogP contribution in [0.2, 0.25) is 5.02 Å². The number of nitrogens with zero attached hydrogens (tertiary/aromatic N) is 4. The summed E-state index contributed by atoms with van der Waals surface area (Å²) in [6.07, 6.45) is 3.68. The van der Waals surface area contributed by atoms with Crippen molar-refractivity contribution in [3.63, 3.8) is 0 Å². The van der Waals surface area contributed by atoms with Gasteiger partial charge >= 0.3 is 0 Å². The van der Waals surface area contributed by atoms with E-state index in [4.69, 9.17) is 11.6 Å². The van der Waals surface area contributed by atoms with Gasteiger partial charge in [0.2, 0.25) is 0 Å². The number of hydrogen-bond acceptors (Lipinski definition) is 5. The summed E-state index contributed by atoms with van der Waals surface area (Å²) in [6, 6.07) is 15.7. The lowest BCUT2D eigenvalue weighted by Gasteiger charge is -2.26. The van der Waals surface area contributed by atoms with Crippen molar-refractivity contribution in [3.05, 3.63) is 114 Å². The fraction of sp³-hybridized carbons (Fsp3) is 0.154. The first-order valence-electron chi connectivity index (χ1n) is 11.0. The van der Waals surface area contributed by atoms with Crippen molar-refractivity contribution in [2.45, 2.75) is 19.9 Å². The minimum absolute atomic E-state index is 0.237. The van der Waals surface area contributed by atoms with Crippen molar-refractivity contribution < 1.29 is 4.79 Å². The van der Waals surface area contributed by atoms with Crippen LogP contribution in [0.3, 0.4) is 0 Å². The quantitative estimate of drug-likeness (QED) is 0.462. The molecule has 1 atom stereocenters. The van der Waals surface area contributed by atoms with Gasteiger partial charge in [-0.05, 0) is 43.7 Å². The fourth-order valence-electron chi connectivity index (χ4n) is 4.22. The topological polar surface area (TPSA) is 81.3 Å². The standard InChI is InChI=1S/C26H22ClN5O2S/c1-15-17(14-31(3)30-15)13-21-25(34)32-23(19-11-7-8-12-20(19)27)22(16(2)28-26(32)35-21)24(33)29-18-9-5-4-6-10-18/h4-14,23H,1-3H3,(H,29,33)/b21-13+. The number of fused-ring (bicyclic) bond motifs is 1. The van der Waals surface area contributed by atoms with E-state index in [0.29, 0.717) is 36.9 Å². The van der Waals surface area contributed by atoms with Gasteiger partial charge in [0, 0.05) is 29.5 Å². The van der Waals surface area contributed by atoms with Gasteiger partial charge in [-0.15, -0.1) is 0 Å². The summed E-state index contributed by atoms with van der Waals surface area (Å²) >= 11 is 7.88. The number of benzene rings is 2. The number of amides is 1. The predicted molar refractivity (Wildman–Crippen MR) is 138 cm³/mol. The van der Waals surface area contributed by atoms with Crippen LogP contribution in [-0.2, 0) is 11.8 Å². The number of allylic oxidation sites excluding steroid dienone is 1. The second-order valence-corrected chi connectivity index (χ2v) is 9.68. The first-order valence-corrected chi connectivity index (χ1v) is 12.2. The zero-order chi connectivity index (χ0) is 24.7. The number of halogens is 1. The van der Waals surface area contributed by atoms with E-state index in [1.54, 1.807) is 22.2 Å². The molecule has 4 aromatic rings. The normalized spacial score (nSPS) is 15.7. The lowest BCUT2D eigenvalue weighted by atomic mass is 9.95. The molecule has 0 aliphatic carbocycles. The highest BCUT2D eigenvalue weighted by Gasteiger charge is 2.33. The number of carbonyl (C=O) groups is 1. The van der Waals surface area contributed by atoms with Crippen LogP contribution in [0.15, 0.2) is 81.9 Å². The van der Waals surface area contributed by atoms with E-state index < -0.39 is 6.04 Å². The van der Waals surface area contributed by atoms with Crippen molar-refractivity contribution in [2.75, 3.05) is 5.32 Å². The van der Waals surface area contributed by atoms with Gasteiger partial charge in [-0.1, -0.05) is 59.3 Å². The molecule has 7 nitrogen and oxygen atoms in total. The molecule has 0 saturated heterocycles. The molecule has 1 N–H and O–H groups in total. The van der Waals surface area contributed by atoms with E-state index in [2.05, 4.69) is 15.4 Å².